The molecule has 0 N–H and O–H groups in total. The largest absolute Gasteiger partial charge is 0.496 e. The van der Waals surface area contributed by atoms with Crippen LogP contribution in [0.15, 0.2) is 18.2 Å². The molecule has 0 aliphatic heterocycles. The fourth-order valence-electron chi connectivity index (χ4n) is 0.876. The van der Waals surface area contributed by atoms with E-state index in [2.05, 4.69) is 4.74 Å². The minimum Gasteiger partial charge on any atom is -0.496 e. The zero-order valence-corrected chi connectivity index (χ0v) is 6.35. The topological polar surface area (TPSA) is 9.23 Å². The molecular weight excluding hydrogens is 169 g/mol. The van der Waals surface area contributed by atoms with Crippen LogP contribution in [-0.2, 0) is 0 Å². The number of hydrogen-bond donors (Lipinski definition) is 0. The van der Waals surface area contributed by atoms with Crippen LogP contribution in [0.4, 0.5) is 13.2 Å². The molecule has 0 bridgehead atoms. The molecule has 0 atom stereocenters. The molecule has 1 aromatic carbocycles. The lowest BCUT2D eigenvalue weighted by molar-refractivity contribution is 0.146. The lowest BCUT2D eigenvalue weighted by Crippen LogP contribution is -1.93. The Morgan fingerprint density at radius 1 is 1.33 bits per heavy atom. The van der Waals surface area contributed by atoms with Crippen molar-refractivity contribution in [2.75, 3.05) is 7.11 Å². The van der Waals surface area contributed by atoms with Crippen molar-refractivity contribution >= 4 is 0 Å². The first-order valence-electron chi connectivity index (χ1n) is 3.26. The van der Waals surface area contributed by atoms with Crippen molar-refractivity contribution in [1.29, 1.82) is 0 Å². The van der Waals surface area contributed by atoms with Gasteiger partial charge in [-0.2, -0.15) is 0 Å². The minimum atomic E-state index is -2.71. The second-order valence-electron chi connectivity index (χ2n) is 2.19. The summed E-state index contributed by atoms with van der Waals surface area (Å²) >= 11 is 0. The first kappa shape index (κ1) is 8.90. The van der Waals surface area contributed by atoms with E-state index < -0.39 is 17.8 Å². The summed E-state index contributed by atoms with van der Waals surface area (Å²) in [5.41, 5.74) is -0.419. The average molecular weight is 176 g/mol. The Bertz CT molecular complexity index is 273. The van der Waals surface area contributed by atoms with Gasteiger partial charge in [-0.1, -0.05) is 0 Å². The van der Waals surface area contributed by atoms with Crippen molar-refractivity contribution in [2.24, 2.45) is 0 Å². The van der Waals surface area contributed by atoms with Crippen molar-refractivity contribution in [3.63, 3.8) is 0 Å². The Labute approximate surface area is 67.8 Å². The van der Waals surface area contributed by atoms with Crippen LogP contribution in [0, 0.1) is 5.82 Å². The van der Waals surface area contributed by atoms with Gasteiger partial charge in [0.15, 0.2) is 0 Å². The molecule has 0 unspecified atom stereocenters. The van der Waals surface area contributed by atoms with E-state index in [-0.39, 0.29) is 5.75 Å². The molecule has 0 aliphatic carbocycles. The number of rotatable bonds is 2. The highest BCUT2D eigenvalue weighted by atomic mass is 19.3. The first-order chi connectivity index (χ1) is 5.65. The molecule has 0 aromatic heterocycles. The Balaban J connectivity index is 3.12. The van der Waals surface area contributed by atoms with E-state index in [1.54, 1.807) is 0 Å². The van der Waals surface area contributed by atoms with Gasteiger partial charge in [-0.15, -0.1) is 0 Å². The van der Waals surface area contributed by atoms with E-state index >= 15 is 0 Å². The minimum absolute atomic E-state index is 0.00593. The van der Waals surface area contributed by atoms with E-state index in [0.717, 1.165) is 12.1 Å². The number of alkyl halides is 2. The van der Waals surface area contributed by atoms with E-state index in [4.69, 9.17) is 0 Å². The predicted molar refractivity (Wildman–Crippen MR) is 37.9 cm³/mol. The van der Waals surface area contributed by atoms with Gasteiger partial charge in [-0.25, -0.2) is 13.2 Å². The standard InChI is InChI=1S/C8H7F3O/c1-12-7-3-2-5(9)4-6(7)8(10)11/h2-4,8H,1H3. The quantitative estimate of drug-likeness (QED) is 0.673. The molecule has 0 amide bonds. The number of ether oxygens (including phenoxy) is 1. The normalized spacial score (nSPS) is 10.4. The molecule has 0 saturated carbocycles. The summed E-state index contributed by atoms with van der Waals surface area (Å²) in [4.78, 5) is 0. The maximum absolute atomic E-state index is 12.5. The van der Waals surface area contributed by atoms with E-state index in [9.17, 15) is 13.2 Å². The summed E-state index contributed by atoms with van der Waals surface area (Å²) in [5.74, 6) is -0.683. The van der Waals surface area contributed by atoms with Crippen LogP contribution in [0.25, 0.3) is 0 Å². The molecule has 0 aliphatic rings. The molecule has 0 fully saturated rings. The Morgan fingerprint density at radius 3 is 2.50 bits per heavy atom. The zero-order valence-electron chi connectivity index (χ0n) is 6.35. The van der Waals surface area contributed by atoms with Crippen LogP contribution in [0.5, 0.6) is 5.75 Å². The van der Waals surface area contributed by atoms with Gasteiger partial charge in [0, 0.05) is 0 Å². The molecule has 1 nitrogen and oxygen atoms in total. The maximum atomic E-state index is 12.5. The van der Waals surface area contributed by atoms with Crippen molar-refractivity contribution in [3.05, 3.63) is 29.6 Å². The molecule has 0 spiro atoms. The van der Waals surface area contributed by atoms with Gasteiger partial charge >= 0.3 is 0 Å². The van der Waals surface area contributed by atoms with Gasteiger partial charge < -0.3 is 4.74 Å². The Morgan fingerprint density at radius 2 is 2.00 bits per heavy atom. The van der Waals surface area contributed by atoms with Crippen LogP contribution in [-0.4, -0.2) is 7.11 Å². The monoisotopic (exact) mass is 176 g/mol. The van der Waals surface area contributed by atoms with Crippen molar-refractivity contribution < 1.29 is 17.9 Å². The Hall–Kier alpha value is -1.19. The fourth-order valence-corrected chi connectivity index (χ4v) is 0.876. The number of hydrogen-bond acceptors (Lipinski definition) is 1. The highest BCUT2D eigenvalue weighted by Crippen LogP contribution is 2.28. The van der Waals surface area contributed by atoms with E-state index in [1.165, 1.54) is 13.2 Å². The Kier molecular flexibility index (Phi) is 2.58. The van der Waals surface area contributed by atoms with Gasteiger partial charge in [-0.05, 0) is 18.2 Å². The molecule has 66 valence electrons. The van der Waals surface area contributed by atoms with Gasteiger partial charge in [0.05, 0.1) is 12.7 Å². The summed E-state index contributed by atoms with van der Waals surface area (Å²) < 4.78 is 41.4. The fraction of sp³-hybridized carbons (Fsp3) is 0.250. The number of benzene rings is 1. The molecule has 1 aromatic rings. The second-order valence-corrected chi connectivity index (χ2v) is 2.19. The van der Waals surface area contributed by atoms with Gasteiger partial charge in [0.1, 0.15) is 11.6 Å². The third-order valence-corrected chi connectivity index (χ3v) is 1.43. The SMILES string of the molecule is COc1ccc(F)cc1C(F)F. The highest BCUT2D eigenvalue weighted by Gasteiger charge is 2.13. The summed E-state index contributed by atoms with van der Waals surface area (Å²) in [5, 5.41) is 0. The summed E-state index contributed by atoms with van der Waals surface area (Å²) in [6, 6.07) is 3.02. The van der Waals surface area contributed by atoms with Crippen LogP contribution in [0.2, 0.25) is 0 Å². The average Bonchev–Trinajstić information content (AvgIpc) is 2.04. The van der Waals surface area contributed by atoms with Crippen molar-refractivity contribution in [2.45, 2.75) is 6.43 Å². The third-order valence-electron chi connectivity index (χ3n) is 1.43. The molecular formula is C8H7F3O. The number of methoxy groups -OCH3 is 1. The summed E-state index contributed by atoms with van der Waals surface area (Å²) in [6.45, 7) is 0. The first-order valence-corrected chi connectivity index (χ1v) is 3.26. The van der Waals surface area contributed by atoms with Gasteiger partial charge in [-0.3, -0.25) is 0 Å². The molecule has 0 radical (unpaired) electrons. The maximum Gasteiger partial charge on any atom is 0.267 e. The molecule has 0 heterocycles. The van der Waals surface area contributed by atoms with Crippen LogP contribution in [0.1, 0.15) is 12.0 Å². The second kappa shape index (κ2) is 3.47. The van der Waals surface area contributed by atoms with Gasteiger partial charge in [0.25, 0.3) is 6.43 Å². The van der Waals surface area contributed by atoms with Crippen LogP contribution >= 0.6 is 0 Å². The third kappa shape index (κ3) is 1.69. The molecule has 1 rings (SSSR count). The molecule has 4 heteroatoms. The zero-order chi connectivity index (χ0) is 9.14. The highest BCUT2D eigenvalue weighted by molar-refractivity contribution is 5.34. The van der Waals surface area contributed by atoms with Crippen molar-refractivity contribution in [3.8, 4) is 5.75 Å². The van der Waals surface area contributed by atoms with E-state index in [1.807, 2.05) is 0 Å². The van der Waals surface area contributed by atoms with Crippen LogP contribution in [0.3, 0.4) is 0 Å². The van der Waals surface area contributed by atoms with E-state index in [0.29, 0.717) is 0 Å². The smallest absolute Gasteiger partial charge is 0.267 e. The predicted octanol–water partition coefficient (Wildman–Crippen LogP) is 2.77. The lowest BCUT2D eigenvalue weighted by Gasteiger charge is -2.06. The molecule has 12 heavy (non-hydrogen) atoms. The van der Waals surface area contributed by atoms with Crippen LogP contribution < -0.4 is 4.74 Å². The summed E-state index contributed by atoms with van der Waals surface area (Å²) in [6.07, 6.45) is -2.71. The molecule has 0 saturated heterocycles. The van der Waals surface area contributed by atoms with Crippen molar-refractivity contribution in [1.82, 2.24) is 0 Å². The summed E-state index contributed by atoms with van der Waals surface area (Å²) in [7, 11) is 1.26. The van der Waals surface area contributed by atoms with Gasteiger partial charge in [0.2, 0.25) is 0 Å². The lowest BCUT2D eigenvalue weighted by atomic mass is 10.2. The number of halogens is 3.